The minimum atomic E-state index is -4.54. The maximum Gasteiger partial charge on any atom is 0.416 e. The van der Waals surface area contributed by atoms with Crippen LogP contribution < -0.4 is 11.1 Å². The molecule has 0 saturated carbocycles. The second-order valence-corrected chi connectivity index (χ2v) is 5.03. The maximum atomic E-state index is 12.6. The van der Waals surface area contributed by atoms with Gasteiger partial charge < -0.3 is 11.1 Å². The number of carbonyl (C=O) groups excluding carboxylic acids is 1. The Labute approximate surface area is 126 Å². The first kappa shape index (κ1) is 15.3. The average molecular weight is 360 g/mol. The van der Waals surface area contributed by atoms with Gasteiger partial charge in [-0.05, 0) is 46.3 Å². The second-order valence-electron chi connectivity index (χ2n) is 4.12. The molecule has 0 unspecified atom stereocenters. The zero-order valence-corrected chi connectivity index (χ0v) is 12.0. The van der Waals surface area contributed by atoms with E-state index in [1.54, 1.807) is 6.07 Å². The zero-order valence-electron chi connectivity index (χ0n) is 10.4. The van der Waals surface area contributed by atoms with Crippen molar-refractivity contribution in [3.05, 3.63) is 52.1 Å². The highest BCUT2D eigenvalue weighted by Gasteiger charge is 2.31. The van der Waals surface area contributed by atoms with Gasteiger partial charge in [0.2, 0.25) is 0 Å². The average Bonchev–Trinajstić information content (AvgIpc) is 2.40. The fourth-order valence-electron chi connectivity index (χ4n) is 1.56. The van der Waals surface area contributed by atoms with Crippen molar-refractivity contribution >= 4 is 33.3 Å². The Morgan fingerprint density at radius 3 is 2.52 bits per heavy atom. The molecule has 4 nitrogen and oxygen atoms in total. The molecule has 0 radical (unpaired) electrons. The highest BCUT2D eigenvalue weighted by Crippen LogP contribution is 2.31. The van der Waals surface area contributed by atoms with E-state index in [0.29, 0.717) is 10.5 Å². The van der Waals surface area contributed by atoms with Crippen LogP contribution in [0.1, 0.15) is 15.9 Å². The second kappa shape index (κ2) is 5.72. The van der Waals surface area contributed by atoms with Crippen LogP contribution in [0.15, 0.2) is 41.0 Å². The molecule has 0 spiro atoms. The summed E-state index contributed by atoms with van der Waals surface area (Å²) in [4.78, 5) is 15.9. The molecule has 0 aliphatic carbocycles. The van der Waals surface area contributed by atoms with E-state index in [9.17, 15) is 18.0 Å². The highest BCUT2D eigenvalue weighted by molar-refractivity contribution is 9.10. The Balaban J connectivity index is 2.28. The molecule has 0 atom stereocenters. The Morgan fingerprint density at radius 2 is 1.95 bits per heavy atom. The fourth-order valence-corrected chi connectivity index (χ4v) is 1.80. The Hall–Kier alpha value is -2.09. The predicted molar refractivity (Wildman–Crippen MR) is 75.7 cm³/mol. The summed E-state index contributed by atoms with van der Waals surface area (Å²) in [5.74, 6) is -0.548. The van der Waals surface area contributed by atoms with E-state index >= 15 is 0 Å². The van der Waals surface area contributed by atoms with Crippen molar-refractivity contribution in [2.75, 3.05) is 11.1 Å². The van der Waals surface area contributed by atoms with Crippen LogP contribution in [-0.4, -0.2) is 10.9 Å². The molecule has 0 fully saturated rings. The molecule has 21 heavy (non-hydrogen) atoms. The van der Waals surface area contributed by atoms with Crippen molar-refractivity contribution in [1.82, 2.24) is 4.98 Å². The number of pyridine rings is 1. The topological polar surface area (TPSA) is 68.0 Å². The van der Waals surface area contributed by atoms with Gasteiger partial charge in [0.15, 0.2) is 0 Å². The molecule has 2 rings (SSSR count). The predicted octanol–water partition coefficient (Wildman–Crippen LogP) is 3.70. The number of hydrogen-bond acceptors (Lipinski definition) is 3. The molecule has 0 aliphatic rings. The summed E-state index contributed by atoms with van der Waals surface area (Å²) in [6.07, 6.45) is -3.09. The van der Waals surface area contributed by atoms with Gasteiger partial charge in [-0.3, -0.25) is 4.79 Å². The van der Waals surface area contributed by atoms with Crippen LogP contribution in [0.3, 0.4) is 0 Å². The number of benzene rings is 1. The van der Waals surface area contributed by atoms with Crippen molar-refractivity contribution in [2.24, 2.45) is 0 Å². The van der Waals surface area contributed by atoms with Gasteiger partial charge in [-0.2, -0.15) is 13.2 Å². The molecule has 110 valence electrons. The standard InChI is InChI=1S/C13H9BrF3N3O/c14-8-2-4-11(19-6-8)20-12(21)9-5-7(13(15,16)17)1-3-10(9)18/h1-6H,18H2,(H,19,20,21). The molecule has 1 aromatic carbocycles. The van der Waals surface area contributed by atoms with Crippen LogP contribution in [0.4, 0.5) is 24.7 Å². The minimum Gasteiger partial charge on any atom is -0.398 e. The molecular formula is C13H9BrF3N3O. The number of anilines is 2. The lowest BCUT2D eigenvalue weighted by molar-refractivity contribution is -0.137. The Morgan fingerprint density at radius 1 is 1.24 bits per heavy atom. The summed E-state index contributed by atoms with van der Waals surface area (Å²) in [5, 5.41) is 2.39. The molecule has 1 amide bonds. The number of aromatic nitrogens is 1. The summed E-state index contributed by atoms with van der Waals surface area (Å²) < 4.78 is 38.6. The van der Waals surface area contributed by atoms with Crippen molar-refractivity contribution in [3.8, 4) is 0 Å². The van der Waals surface area contributed by atoms with Crippen molar-refractivity contribution in [3.63, 3.8) is 0 Å². The van der Waals surface area contributed by atoms with E-state index in [1.165, 1.54) is 12.3 Å². The summed E-state index contributed by atoms with van der Waals surface area (Å²) in [6.45, 7) is 0. The zero-order chi connectivity index (χ0) is 15.6. The summed E-state index contributed by atoms with van der Waals surface area (Å²) >= 11 is 3.18. The molecule has 8 heteroatoms. The molecule has 1 aromatic heterocycles. The van der Waals surface area contributed by atoms with E-state index in [4.69, 9.17) is 5.73 Å². The van der Waals surface area contributed by atoms with Crippen LogP contribution >= 0.6 is 15.9 Å². The largest absolute Gasteiger partial charge is 0.416 e. The first-order valence-electron chi connectivity index (χ1n) is 5.67. The summed E-state index contributed by atoms with van der Waals surface area (Å²) in [7, 11) is 0. The number of hydrogen-bond donors (Lipinski definition) is 2. The molecule has 2 aromatic rings. The van der Waals surface area contributed by atoms with Crippen molar-refractivity contribution in [1.29, 1.82) is 0 Å². The first-order valence-corrected chi connectivity index (χ1v) is 6.46. The van der Waals surface area contributed by atoms with E-state index in [-0.39, 0.29) is 17.1 Å². The maximum absolute atomic E-state index is 12.6. The van der Waals surface area contributed by atoms with E-state index in [1.807, 2.05) is 0 Å². The quantitative estimate of drug-likeness (QED) is 0.803. The lowest BCUT2D eigenvalue weighted by atomic mass is 10.1. The van der Waals surface area contributed by atoms with Gasteiger partial charge in [-0.15, -0.1) is 0 Å². The lowest BCUT2D eigenvalue weighted by Gasteiger charge is -2.11. The van der Waals surface area contributed by atoms with Gasteiger partial charge in [0, 0.05) is 16.4 Å². The molecule has 1 heterocycles. The Kier molecular flexibility index (Phi) is 4.17. The number of amides is 1. The molecule has 0 saturated heterocycles. The Bertz CT molecular complexity index is 671. The van der Waals surface area contributed by atoms with Crippen LogP contribution in [0.2, 0.25) is 0 Å². The molecule has 0 aliphatic heterocycles. The van der Waals surface area contributed by atoms with Crippen molar-refractivity contribution < 1.29 is 18.0 Å². The number of halogens is 4. The van der Waals surface area contributed by atoms with Gasteiger partial charge >= 0.3 is 6.18 Å². The number of rotatable bonds is 2. The number of nitrogen functional groups attached to an aromatic ring is 1. The third kappa shape index (κ3) is 3.72. The number of nitrogens with one attached hydrogen (secondary N) is 1. The molecular weight excluding hydrogens is 351 g/mol. The van der Waals surface area contributed by atoms with Gasteiger partial charge in [-0.1, -0.05) is 0 Å². The molecule has 0 bridgehead atoms. The minimum absolute atomic E-state index is 0.0439. The lowest BCUT2D eigenvalue weighted by Crippen LogP contribution is -2.16. The van der Waals surface area contributed by atoms with E-state index in [2.05, 4.69) is 26.2 Å². The summed E-state index contributed by atoms with van der Waals surface area (Å²) in [5.41, 5.74) is 4.32. The van der Waals surface area contributed by atoms with Crippen molar-refractivity contribution in [2.45, 2.75) is 6.18 Å². The van der Waals surface area contributed by atoms with Crippen LogP contribution in [0.5, 0.6) is 0 Å². The smallest absolute Gasteiger partial charge is 0.398 e. The first-order chi connectivity index (χ1) is 9.77. The third-order valence-corrected chi connectivity index (χ3v) is 3.06. The van der Waals surface area contributed by atoms with Crippen LogP contribution in [0.25, 0.3) is 0 Å². The SMILES string of the molecule is Nc1ccc(C(F)(F)F)cc1C(=O)Nc1ccc(Br)cn1. The van der Waals surface area contributed by atoms with Gasteiger partial charge in [0.05, 0.1) is 11.1 Å². The van der Waals surface area contributed by atoms with Gasteiger partial charge in [0.1, 0.15) is 5.82 Å². The number of nitrogens with zero attached hydrogens (tertiary/aromatic N) is 1. The fraction of sp³-hybridized carbons (Fsp3) is 0.0769. The normalized spacial score (nSPS) is 11.2. The molecule has 3 N–H and O–H groups in total. The third-order valence-electron chi connectivity index (χ3n) is 2.59. The van der Waals surface area contributed by atoms with Gasteiger partial charge in [0.25, 0.3) is 5.91 Å². The van der Waals surface area contributed by atoms with E-state index < -0.39 is 17.6 Å². The van der Waals surface area contributed by atoms with E-state index in [0.717, 1.165) is 12.1 Å². The number of nitrogens with two attached hydrogens (primary N) is 1. The monoisotopic (exact) mass is 359 g/mol. The van der Waals surface area contributed by atoms with Gasteiger partial charge in [-0.25, -0.2) is 4.98 Å². The van der Waals surface area contributed by atoms with Crippen LogP contribution in [0, 0.1) is 0 Å². The summed E-state index contributed by atoms with van der Waals surface area (Å²) in [6, 6.07) is 5.73. The highest BCUT2D eigenvalue weighted by atomic mass is 79.9. The van der Waals surface area contributed by atoms with Crippen LogP contribution in [-0.2, 0) is 6.18 Å². The number of carbonyl (C=O) groups is 1. The number of alkyl halides is 3.